The SMILES string of the molecule is CC(C)[C@@H]1NC(=O)[C@@H]2CCCN2C(=O)[C@H](CC(N)=O)NC(=O)[C@H](C)NC(=O)[C@@H]2CSSC[C@@H](C(=O)N[C@@H](CCC(N)=O)C(=O)O)NC(=O)[C@H](Cc3cnc[nH]3)NC(=O)[C@H](CCCCN)NC(=O)CNC(=O)[C@H](CC(N)=O)NC(=O)[C@H](CSSC[C@H](NC(=O)[C@@H](N)CC(=O)O)C(=O)N2)NC1=O. The van der Waals surface area contributed by atoms with Gasteiger partial charge in [0.1, 0.15) is 72.5 Å². The van der Waals surface area contributed by atoms with E-state index in [-0.39, 0.29) is 44.5 Å². The number of nitrogens with one attached hydrogen (secondary N) is 13. The lowest BCUT2D eigenvalue weighted by atomic mass is 10.0. The van der Waals surface area contributed by atoms with Crippen LogP contribution in [0.3, 0.4) is 0 Å². The van der Waals surface area contributed by atoms with Crippen molar-refractivity contribution in [3.05, 3.63) is 18.2 Å². The molecule has 0 unspecified atom stereocenters. The third-order valence-electron chi connectivity index (χ3n) is 15.2. The maximum absolute atomic E-state index is 14.7. The number of rotatable bonds is 21. The van der Waals surface area contributed by atoms with E-state index in [1.807, 2.05) is 0 Å². The van der Waals surface area contributed by atoms with E-state index >= 15 is 0 Å². The molecule has 3 fully saturated rings. The van der Waals surface area contributed by atoms with Crippen molar-refractivity contribution in [2.45, 2.75) is 170 Å². The van der Waals surface area contributed by atoms with Gasteiger partial charge >= 0.3 is 11.9 Å². The van der Waals surface area contributed by atoms with Crippen LogP contribution in [0, 0.1) is 5.92 Å². The molecular formula is C56H86N20O20S4. The molecule has 44 heteroatoms. The fourth-order valence-corrected chi connectivity index (χ4v) is 14.5. The molecule has 0 radical (unpaired) electrons. The first-order chi connectivity index (χ1) is 47.2. The first kappa shape index (κ1) is 83.4. The number of carboxylic acids is 2. The summed E-state index contributed by atoms with van der Waals surface area (Å²) in [4.78, 5) is 254. The number of carbonyl (C=O) groups is 18. The third kappa shape index (κ3) is 28.0. The molecule has 25 N–H and O–H groups in total. The minimum Gasteiger partial charge on any atom is -0.481 e. The lowest BCUT2D eigenvalue weighted by Crippen LogP contribution is -2.61. The molecule has 40 nitrogen and oxygen atoms in total. The Morgan fingerprint density at radius 3 is 1.86 bits per heavy atom. The molecule has 554 valence electrons. The maximum atomic E-state index is 14.7. The third-order valence-corrected chi connectivity index (χ3v) is 20.0. The largest absolute Gasteiger partial charge is 0.481 e. The monoisotopic (exact) mass is 1490 g/mol. The number of H-pyrrole nitrogens is 1. The lowest BCUT2D eigenvalue weighted by Gasteiger charge is -2.31. The minimum absolute atomic E-state index is 0.00212. The summed E-state index contributed by atoms with van der Waals surface area (Å²) in [6.45, 7) is 3.24. The Bertz CT molecular complexity index is 3170. The summed E-state index contributed by atoms with van der Waals surface area (Å²) in [5, 5.41) is 48.5. The smallest absolute Gasteiger partial charge is 0.326 e. The first-order valence-corrected chi connectivity index (χ1v) is 36.3. The molecule has 0 saturated carbocycles. The average Bonchev–Trinajstić information content (AvgIpc) is 1.48. The summed E-state index contributed by atoms with van der Waals surface area (Å²) in [6, 6.07) is -22.2. The van der Waals surface area contributed by atoms with Crippen LogP contribution >= 0.6 is 43.2 Å². The number of fused-ring (bicyclic) bond motifs is 9. The number of unbranched alkanes of at least 4 members (excludes halogenated alkanes) is 1. The minimum atomic E-state index is -1.92. The van der Waals surface area contributed by atoms with Crippen molar-refractivity contribution in [3.63, 3.8) is 0 Å². The van der Waals surface area contributed by atoms with Crippen LogP contribution in [0.25, 0.3) is 0 Å². The van der Waals surface area contributed by atoms with Crippen molar-refractivity contribution in [3.8, 4) is 0 Å². The molecule has 16 amide bonds. The van der Waals surface area contributed by atoms with Crippen molar-refractivity contribution in [2.75, 3.05) is 42.6 Å². The fourth-order valence-electron chi connectivity index (χ4n) is 9.82. The molecule has 0 aliphatic carbocycles. The fraction of sp³-hybridized carbons (Fsp3) is 0.625. The number of carbonyl (C=O) groups excluding carboxylic acids is 16. The molecule has 1 aromatic heterocycles. The quantitative estimate of drug-likeness (QED) is 0.0401. The van der Waals surface area contributed by atoms with Crippen LogP contribution in [0.5, 0.6) is 0 Å². The van der Waals surface area contributed by atoms with Crippen LogP contribution in [0.4, 0.5) is 0 Å². The zero-order valence-corrected chi connectivity index (χ0v) is 57.9. The molecule has 3 saturated heterocycles. The van der Waals surface area contributed by atoms with Crippen molar-refractivity contribution in [1.82, 2.24) is 78.7 Å². The van der Waals surface area contributed by atoms with E-state index in [0.717, 1.165) is 33.4 Å². The molecule has 0 spiro atoms. The average molecular weight is 1490 g/mol. The molecular weight excluding hydrogens is 1400 g/mol. The number of carboxylic acid groups (broad SMARTS) is 2. The van der Waals surface area contributed by atoms with Crippen LogP contribution in [0.2, 0.25) is 0 Å². The number of aromatic nitrogens is 2. The van der Waals surface area contributed by atoms with Crippen LogP contribution in [0.1, 0.15) is 90.7 Å². The number of aromatic amines is 1. The number of aliphatic carboxylic acids is 2. The molecule has 3 aliphatic rings. The molecule has 13 atom stereocenters. The number of hydrogen-bond donors (Lipinski definition) is 20. The maximum Gasteiger partial charge on any atom is 0.326 e. The predicted molar refractivity (Wildman–Crippen MR) is 358 cm³/mol. The molecule has 3 aliphatic heterocycles. The highest BCUT2D eigenvalue weighted by atomic mass is 33.1. The zero-order chi connectivity index (χ0) is 74.5. The first-order valence-electron chi connectivity index (χ1n) is 31.3. The molecule has 0 aromatic carbocycles. The standard InChI is InChI=1S/C56H86N20O20S4/c1-24(2)43-54(93)74-36-22-100-98-20-34(71-45(84)27(58)14-42(81)82)52(91)73-33(49(88)65-25(3)44(83)70-32(16-40(61)79)55(94)76-12-6-8-37(76)53(92)75-43)19-97-99-21-35(50(89)67-29(56(95)96)9-10-38(59)77)72-48(87)30(13-26-17-62-23-64-26)68-47(86)28(7-4-5-11-57)66-41(80)18-63-46(85)31(15-39(60)78)69-51(36)90/h17,23-25,27-37,43H,4-16,18-22,57-58H2,1-3H3,(H2,59,77)(H2,60,78)(H2,61,79)(H,62,64)(H,63,85)(H,65,88)(H,66,80)(H,67,89)(H,68,86)(H,69,90)(H,70,83)(H,71,84)(H,72,87)(H,73,91)(H,74,93)(H,75,92)(H,81,82)(H,95,96)/t25-,27-,28-,29-,30-,31-,32-,33-,34-,35-,36-,37-,43-/m0/s1. The van der Waals surface area contributed by atoms with E-state index in [1.54, 1.807) is 0 Å². The van der Waals surface area contributed by atoms with Gasteiger partial charge in [-0.1, -0.05) is 57.0 Å². The normalized spacial score (nSPS) is 25.8. The van der Waals surface area contributed by atoms with Crippen molar-refractivity contribution in [2.24, 2.45) is 34.6 Å². The molecule has 1 aromatic rings. The summed E-state index contributed by atoms with van der Waals surface area (Å²) < 4.78 is 0. The number of imidazole rings is 1. The van der Waals surface area contributed by atoms with Crippen LogP contribution in [0.15, 0.2) is 12.5 Å². The van der Waals surface area contributed by atoms with Gasteiger partial charge in [0.15, 0.2) is 0 Å². The Kier molecular flexibility index (Phi) is 34.6. The van der Waals surface area contributed by atoms with Gasteiger partial charge in [0, 0.05) is 54.3 Å². The highest BCUT2D eigenvalue weighted by Gasteiger charge is 2.42. The summed E-state index contributed by atoms with van der Waals surface area (Å²) in [5.74, 6) is -23.8. The Labute approximate surface area is 587 Å². The number of hydrogen-bond acceptors (Lipinski definition) is 25. The predicted octanol–water partition coefficient (Wildman–Crippen LogP) is -9.11. The Morgan fingerprint density at radius 1 is 0.660 bits per heavy atom. The van der Waals surface area contributed by atoms with E-state index in [1.165, 1.54) is 26.4 Å². The number of amides is 16. The van der Waals surface area contributed by atoms with Crippen LogP contribution < -0.4 is 92.5 Å². The topological polar surface area (TPSA) is 654 Å². The summed E-state index contributed by atoms with van der Waals surface area (Å²) in [6.07, 6.45) is -1.11. The van der Waals surface area contributed by atoms with Gasteiger partial charge < -0.3 is 113 Å². The number of nitrogens with two attached hydrogens (primary N) is 5. The highest BCUT2D eigenvalue weighted by Crippen LogP contribution is 2.27. The highest BCUT2D eigenvalue weighted by molar-refractivity contribution is 8.77. The van der Waals surface area contributed by atoms with E-state index < -0.39 is 259 Å². The molecule has 100 heavy (non-hydrogen) atoms. The second-order valence-corrected chi connectivity index (χ2v) is 28.7. The molecule has 4 heterocycles. The Hall–Kier alpha value is -9.01. The van der Waals surface area contributed by atoms with Gasteiger partial charge in [-0.3, -0.25) is 81.5 Å². The van der Waals surface area contributed by atoms with Gasteiger partial charge in [-0.2, -0.15) is 0 Å². The van der Waals surface area contributed by atoms with Gasteiger partial charge in [-0.15, -0.1) is 0 Å². The van der Waals surface area contributed by atoms with Crippen LogP contribution in [-0.4, -0.2) is 253 Å². The molecule has 4 rings (SSSR count). The second-order valence-electron chi connectivity index (χ2n) is 23.6. The lowest BCUT2D eigenvalue weighted by molar-refractivity contribution is -0.143. The second kappa shape index (κ2) is 41.5. The van der Waals surface area contributed by atoms with Gasteiger partial charge in [0.25, 0.3) is 0 Å². The molecule has 2 bridgehead atoms. The number of nitrogens with zero attached hydrogens (tertiary/aromatic N) is 2. The number of primary amides is 3. The van der Waals surface area contributed by atoms with E-state index in [2.05, 4.69) is 73.8 Å². The van der Waals surface area contributed by atoms with E-state index in [9.17, 15) is 96.5 Å². The van der Waals surface area contributed by atoms with E-state index in [4.69, 9.17) is 28.7 Å². The van der Waals surface area contributed by atoms with E-state index in [0.29, 0.717) is 28.0 Å². The van der Waals surface area contributed by atoms with Crippen molar-refractivity contribution >= 4 is 150 Å². The Morgan fingerprint density at radius 2 is 1.26 bits per heavy atom. The zero-order valence-electron chi connectivity index (χ0n) is 54.6. The summed E-state index contributed by atoms with van der Waals surface area (Å²) >= 11 is 0. The van der Waals surface area contributed by atoms with Crippen LogP contribution in [-0.2, 0) is 92.7 Å². The van der Waals surface area contributed by atoms with Gasteiger partial charge in [-0.25, -0.2) is 9.78 Å². The van der Waals surface area contributed by atoms with Crippen molar-refractivity contribution in [1.29, 1.82) is 0 Å². The summed E-state index contributed by atoms with van der Waals surface area (Å²) in [7, 11) is 2.88. The van der Waals surface area contributed by atoms with Gasteiger partial charge in [0.05, 0.1) is 38.2 Å². The van der Waals surface area contributed by atoms with Crippen molar-refractivity contribution < 1.29 is 96.5 Å². The van der Waals surface area contributed by atoms with Gasteiger partial charge in [-0.05, 0) is 57.9 Å². The summed E-state index contributed by atoms with van der Waals surface area (Å²) in [5.41, 5.74) is 28.2. The van der Waals surface area contributed by atoms with Gasteiger partial charge in [0.2, 0.25) is 94.5 Å². The Balaban J connectivity index is 1.99.